The van der Waals surface area contributed by atoms with E-state index in [-0.39, 0.29) is 22.0 Å². The average molecular weight is 522 g/mol. The van der Waals surface area contributed by atoms with E-state index in [4.69, 9.17) is 21.1 Å². The van der Waals surface area contributed by atoms with Gasteiger partial charge in [-0.15, -0.1) is 0 Å². The lowest BCUT2D eigenvalue weighted by Crippen LogP contribution is -2.21. The van der Waals surface area contributed by atoms with E-state index in [0.29, 0.717) is 33.7 Å². The van der Waals surface area contributed by atoms with Gasteiger partial charge >= 0.3 is 11.9 Å². The van der Waals surface area contributed by atoms with E-state index in [9.17, 15) is 19.5 Å². The zero-order chi connectivity index (χ0) is 23.6. The zero-order valence-electron chi connectivity index (χ0n) is 17.3. The molecule has 0 aliphatic carbocycles. The Balaban J connectivity index is 1.99. The molecule has 0 spiro atoms. The first-order chi connectivity index (χ1) is 15.1. The number of hydrogen-bond acceptors (Lipinski definition) is 6. The molecule has 8 nitrogen and oxygen atoms in total. The number of rotatable bonds is 6. The van der Waals surface area contributed by atoms with E-state index < -0.39 is 17.8 Å². The summed E-state index contributed by atoms with van der Waals surface area (Å²) in [4.78, 5) is 35.8. The lowest BCUT2D eigenvalue weighted by Gasteiger charge is -2.14. The largest absolute Gasteiger partial charge is 0.490 e. The summed E-state index contributed by atoms with van der Waals surface area (Å²) in [6.45, 7) is 5.10. The number of benzene rings is 2. The third-order valence-corrected chi connectivity index (χ3v) is 5.29. The molecule has 0 unspecified atom stereocenters. The summed E-state index contributed by atoms with van der Waals surface area (Å²) in [6, 6.07) is 7.54. The third kappa shape index (κ3) is 4.84. The Hall–Kier alpha value is -3.17. The number of anilines is 1. The van der Waals surface area contributed by atoms with Crippen molar-refractivity contribution in [2.45, 2.75) is 20.8 Å². The van der Waals surface area contributed by atoms with E-state index in [1.54, 1.807) is 32.1 Å². The van der Waals surface area contributed by atoms with Crippen LogP contribution in [0.5, 0.6) is 11.5 Å². The molecule has 0 bridgehead atoms. The van der Waals surface area contributed by atoms with Gasteiger partial charge in [0.25, 0.3) is 5.91 Å². The van der Waals surface area contributed by atoms with Gasteiger partial charge in [0.1, 0.15) is 0 Å². The van der Waals surface area contributed by atoms with E-state index >= 15 is 0 Å². The Morgan fingerprint density at radius 3 is 2.62 bits per heavy atom. The minimum Gasteiger partial charge on any atom is -0.490 e. The Kier molecular flexibility index (Phi) is 7.00. The van der Waals surface area contributed by atoms with Crippen molar-refractivity contribution in [3.05, 3.63) is 56.5 Å². The normalized spacial score (nSPS) is 14.5. The molecule has 32 heavy (non-hydrogen) atoms. The van der Waals surface area contributed by atoms with Crippen LogP contribution in [0, 0.1) is 0 Å². The maximum absolute atomic E-state index is 13.0. The summed E-state index contributed by atoms with van der Waals surface area (Å²) in [5, 5.41) is 14.7. The molecule has 166 valence electrons. The summed E-state index contributed by atoms with van der Waals surface area (Å²) in [7, 11) is 0. The van der Waals surface area contributed by atoms with E-state index in [1.165, 1.54) is 25.1 Å². The maximum Gasteiger partial charge on any atom is 0.337 e. The molecule has 1 aliphatic rings. The SMILES string of the molecule is CCOc1cc(/C=C2\C(=O)N(c3ccc(Cl)c(C(=O)O)c3)N=C2C)cc(Br)c1OC(C)=O. The number of nitrogens with zero attached hydrogens (tertiary/aromatic N) is 2. The lowest BCUT2D eigenvalue weighted by atomic mass is 10.1. The first-order valence-corrected chi connectivity index (χ1v) is 10.6. The lowest BCUT2D eigenvalue weighted by molar-refractivity contribution is -0.132. The second-order valence-corrected chi connectivity index (χ2v) is 7.95. The molecule has 1 N–H and O–H groups in total. The fraction of sp³-hybridized carbons (Fsp3) is 0.182. The predicted octanol–water partition coefficient (Wildman–Crippen LogP) is 4.93. The topological polar surface area (TPSA) is 106 Å². The van der Waals surface area contributed by atoms with E-state index in [0.717, 1.165) is 5.01 Å². The smallest absolute Gasteiger partial charge is 0.337 e. The molecule has 2 aromatic rings. The molecule has 0 aromatic heterocycles. The summed E-state index contributed by atoms with van der Waals surface area (Å²) in [5.74, 6) is -1.55. The number of esters is 1. The first kappa shape index (κ1) is 23.5. The van der Waals surface area contributed by atoms with Gasteiger partial charge in [0, 0.05) is 6.92 Å². The van der Waals surface area contributed by atoms with Gasteiger partial charge < -0.3 is 14.6 Å². The molecule has 0 saturated carbocycles. The minimum atomic E-state index is -1.21. The van der Waals surface area contributed by atoms with Crippen LogP contribution in [-0.2, 0) is 9.59 Å². The van der Waals surface area contributed by atoms with Crippen molar-refractivity contribution < 1.29 is 29.0 Å². The molecule has 0 fully saturated rings. The van der Waals surface area contributed by atoms with Gasteiger partial charge in [-0.2, -0.15) is 10.1 Å². The molecule has 10 heteroatoms. The highest BCUT2D eigenvalue weighted by molar-refractivity contribution is 9.10. The number of carbonyl (C=O) groups excluding carboxylic acids is 2. The number of halogens is 2. The number of hydrogen-bond donors (Lipinski definition) is 1. The van der Waals surface area contributed by atoms with Crippen molar-refractivity contribution in [3.63, 3.8) is 0 Å². The predicted molar refractivity (Wildman–Crippen MR) is 124 cm³/mol. The minimum absolute atomic E-state index is 0.0607. The van der Waals surface area contributed by atoms with Gasteiger partial charge in [0.05, 0.1) is 38.6 Å². The zero-order valence-corrected chi connectivity index (χ0v) is 19.7. The number of amides is 1. The summed E-state index contributed by atoms with van der Waals surface area (Å²) >= 11 is 9.29. The Bertz CT molecular complexity index is 1190. The number of ether oxygens (including phenoxy) is 2. The molecule has 2 aromatic carbocycles. The molecule has 0 atom stereocenters. The van der Waals surface area contributed by atoms with Crippen LogP contribution in [0.2, 0.25) is 5.02 Å². The third-order valence-electron chi connectivity index (χ3n) is 4.38. The Morgan fingerprint density at radius 2 is 2.00 bits per heavy atom. The molecule has 1 heterocycles. The van der Waals surface area contributed by atoms with Crippen LogP contribution in [-0.4, -0.2) is 35.3 Å². The van der Waals surface area contributed by atoms with Crippen molar-refractivity contribution in [3.8, 4) is 11.5 Å². The highest BCUT2D eigenvalue weighted by Crippen LogP contribution is 2.38. The summed E-state index contributed by atoms with van der Waals surface area (Å²) in [6.07, 6.45) is 1.63. The summed E-state index contributed by atoms with van der Waals surface area (Å²) < 4.78 is 11.3. The van der Waals surface area contributed by atoms with Gasteiger partial charge in [-0.25, -0.2) is 4.79 Å². The van der Waals surface area contributed by atoms with Crippen molar-refractivity contribution in [1.29, 1.82) is 0 Å². The van der Waals surface area contributed by atoms with Crippen LogP contribution in [0.15, 0.2) is 45.5 Å². The monoisotopic (exact) mass is 520 g/mol. The number of carboxylic acids is 1. The van der Waals surface area contributed by atoms with E-state index in [2.05, 4.69) is 21.0 Å². The van der Waals surface area contributed by atoms with Crippen LogP contribution in [0.1, 0.15) is 36.7 Å². The number of hydrazone groups is 1. The quantitative estimate of drug-likeness (QED) is 0.328. The van der Waals surface area contributed by atoms with Gasteiger partial charge in [-0.3, -0.25) is 9.59 Å². The van der Waals surface area contributed by atoms with Gasteiger partial charge in [0.2, 0.25) is 0 Å². The molecule has 1 aliphatic heterocycles. The van der Waals surface area contributed by atoms with Gasteiger partial charge in [-0.05, 0) is 71.7 Å². The fourth-order valence-electron chi connectivity index (χ4n) is 3.01. The van der Waals surface area contributed by atoms with Crippen molar-refractivity contribution in [1.82, 2.24) is 0 Å². The number of carboxylic acid groups (broad SMARTS) is 1. The molecule has 1 amide bonds. The Morgan fingerprint density at radius 1 is 1.28 bits per heavy atom. The fourth-order valence-corrected chi connectivity index (χ4v) is 3.75. The van der Waals surface area contributed by atoms with Crippen LogP contribution in [0.3, 0.4) is 0 Å². The number of aromatic carboxylic acids is 1. The molecular weight excluding hydrogens is 504 g/mol. The Labute approximate surface area is 197 Å². The summed E-state index contributed by atoms with van der Waals surface area (Å²) in [5.41, 5.74) is 1.51. The van der Waals surface area contributed by atoms with Gasteiger partial charge in [0.15, 0.2) is 11.5 Å². The number of carbonyl (C=O) groups is 3. The maximum atomic E-state index is 13.0. The van der Waals surface area contributed by atoms with Crippen LogP contribution < -0.4 is 14.5 Å². The van der Waals surface area contributed by atoms with Gasteiger partial charge in [-0.1, -0.05) is 11.6 Å². The highest BCUT2D eigenvalue weighted by atomic mass is 79.9. The van der Waals surface area contributed by atoms with Crippen molar-refractivity contribution in [2.75, 3.05) is 11.6 Å². The molecule has 3 rings (SSSR count). The highest BCUT2D eigenvalue weighted by Gasteiger charge is 2.30. The van der Waals surface area contributed by atoms with E-state index in [1.807, 2.05) is 0 Å². The second-order valence-electron chi connectivity index (χ2n) is 6.69. The first-order valence-electron chi connectivity index (χ1n) is 9.41. The molecule has 0 radical (unpaired) electrons. The van der Waals surface area contributed by atoms with Crippen LogP contribution >= 0.6 is 27.5 Å². The second kappa shape index (κ2) is 9.54. The van der Waals surface area contributed by atoms with Crippen molar-refractivity contribution in [2.24, 2.45) is 5.10 Å². The van der Waals surface area contributed by atoms with Crippen LogP contribution in [0.4, 0.5) is 5.69 Å². The van der Waals surface area contributed by atoms with Crippen molar-refractivity contribution >= 4 is 62.9 Å². The average Bonchev–Trinajstić information content (AvgIpc) is 2.99. The molecular formula is C22H18BrClN2O6. The molecule has 0 saturated heterocycles. The van der Waals surface area contributed by atoms with Crippen LogP contribution in [0.25, 0.3) is 6.08 Å². The standard InChI is InChI=1S/C22H18BrClN2O6/c1-4-31-19-9-13(8-17(23)20(19)32-12(3)27)7-15-11(2)25-26(21(15)28)14-5-6-18(24)16(10-14)22(29)30/h5-10H,4H2,1-3H3,(H,29,30)/b15-7-.